The lowest BCUT2D eigenvalue weighted by atomic mass is 9.89. The second-order valence-electron chi connectivity index (χ2n) is 5.60. The Morgan fingerprint density at radius 1 is 1.06 bits per heavy atom. The summed E-state index contributed by atoms with van der Waals surface area (Å²) in [5, 5.41) is 9.54. The molecule has 0 saturated carbocycles. The Morgan fingerprint density at radius 3 is 2.22 bits per heavy atom. The monoisotopic (exact) mass is 251 g/mol. The first-order valence-corrected chi connectivity index (χ1v) is 7.55. The van der Waals surface area contributed by atoms with E-state index in [0.717, 1.165) is 26.2 Å². The average Bonchev–Trinajstić information content (AvgIpc) is 2.39. The Kier molecular flexibility index (Phi) is 7.31. The van der Waals surface area contributed by atoms with Crippen LogP contribution >= 0.6 is 0 Å². The van der Waals surface area contributed by atoms with Crippen molar-refractivity contribution in [2.24, 2.45) is 5.92 Å². The van der Waals surface area contributed by atoms with Gasteiger partial charge in [-0.15, -0.1) is 0 Å². The van der Waals surface area contributed by atoms with E-state index in [1.807, 2.05) is 0 Å². The van der Waals surface area contributed by atoms with Gasteiger partial charge in [-0.05, 0) is 25.8 Å². The Hall–Kier alpha value is -0.590. The Labute approximate surface area is 113 Å². The fraction of sp³-hybridized carbons (Fsp3) is 0.933. The molecule has 1 rings (SSSR count). The maximum Gasteiger partial charge on any atom is 0.101 e. The molecule has 3 nitrogen and oxygen atoms in total. The summed E-state index contributed by atoms with van der Waals surface area (Å²) in [5.41, 5.74) is 0. The molecule has 1 aliphatic heterocycles. The molecule has 0 aromatic carbocycles. The van der Waals surface area contributed by atoms with Crippen LogP contribution < -0.4 is 0 Å². The molecule has 2 atom stereocenters. The first-order valence-electron chi connectivity index (χ1n) is 7.55. The first kappa shape index (κ1) is 15.5. The smallest absolute Gasteiger partial charge is 0.101 e. The van der Waals surface area contributed by atoms with Crippen LogP contribution in [0.1, 0.15) is 46.0 Å². The molecule has 0 aliphatic carbocycles. The Morgan fingerprint density at radius 2 is 1.72 bits per heavy atom. The summed E-state index contributed by atoms with van der Waals surface area (Å²) in [7, 11) is 2.17. The van der Waals surface area contributed by atoms with Crippen LogP contribution in [0.3, 0.4) is 0 Å². The molecule has 1 saturated heterocycles. The zero-order valence-corrected chi connectivity index (χ0v) is 12.4. The molecule has 0 amide bonds. The molecule has 0 N–H and O–H groups in total. The van der Waals surface area contributed by atoms with Crippen molar-refractivity contribution in [3.8, 4) is 6.07 Å². The molecule has 0 radical (unpaired) electrons. The summed E-state index contributed by atoms with van der Waals surface area (Å²) in [6.07, 6.45) is 6.11. The minimum Gasteiger partial charge on any atom is -0.304 e. The van der Waals surface area contributed by atoms with Crippen molar-refractivity contribution in [1.82, 2.24) is 9.80 Å². The third-order valence-electron chi connectivity index (χ3n) is 4.10. The van der Waals surface area contributed by atoms with Crippen LogP contribution in [0.2, 0.25) is 0 Å². The largest absolute Gasteiger partial charge is 0.304 e. The van der Waals surface area contributed by atoms with Gasteiger partial charge in [0.05, 0.1) is 6.07 Å². The van der Waals surface area contributed by atoms with Gasteiger partial charge in [-0.25, -0.2) is 0 Å². The maximum atomic E-state index is 9.54. The summed E-state index contributed by atoms with van der Waals surface area (Å²) in [6, 6.07) is 2.73. The van der Waals surface area contributed by atoms with E-state index in [1.165, 1.54) is 32.1 Å². The maximum absolute atomic E-state index is 9.54. The van der Waals surface area contributed by atoms with Gasteiger partial charge in [0.15, 0.2) is 0 Å². The van der Waals surface area contributed by atoms with Gasteiger partial charge in [0.25, 0.3) is 0 Å². The second kappa shape index (κ2) is 8.50. The van der Waals surface area contributed by atoms with E-state index in [4.69, 9.17) is 0 Å². The van der Waals surface area contributed by atoms with E-state index in [1.54, 1.807) is 0 Å². The third kappa shape index (κ3) is 4.59. The molecule has 0 spiro atoms. The predicted molar refractivity (Wildman–Crippen MR) is 76.4 cm³/mol. The van der Waals surface area contributed by atoms with Crippen molar-refractivity contribution in [2.45, 2.75) is 52.0 Å². The number of piperazine rings is 1. The van der Waals surface area contributed by atoms with Crippen LogP contribution in [0, 0.1) is 17.2 Å². The van der Waals surface area contributed by atoms with Crippen molar-refractivity contribution >= 4 is 0 Å². The summed E-state index contributed by atoms with van der Waals surface area (Å²) in [6.45, 7) is 8.79. The summed E-state index contributed by atoms with van der Waals surface area (Å²) in [4.78, 5) is 4.77. The summed E-state index contributed by atoms with van der Waals surface area (Å²) >= 11 is 0. The number of likely N-dealkylation sites (N-methyl/N-ethyl adjacent to an activating group) is 1. The van der Waals surface area contributed by atoms with Crippen LogP contribution in [0.25, 0.3) is 0 Å². The highest BCUT2D eigenvalue weighted by atomic mass is 15.3. The molecule has 1 aliphatic rings. The number of nitriles is 1. The fourth-order valence-electron chi connectivity index (χ4n) is 2.88. The van der Waals surface area contributed by atoms with Crippen molar-refractivity contribution in [3.05, 3.63) is 0 Å². The standard InChI is InChI=1S/C15H29N3/c1-4-6-8-14(7-5-2)15(13-16)18-11-9-17(3)10-12-18/h14-15H,4-12H2,1-3H3. The van der Waals surface area contributed by atoms with E-state index in [-0.39, 0.29) is 6.04 Å². The Balaban J connectivity index is 2.57. The Bertz CT molecular complexity index is 251. The lowest BCUT2D eigenvalue weighted by molar-refractivity contribution is 0.0998. The van der Waals surface area contributed by atoms with Crippen LogP contribution in [-0.2, 0) is 0 Å². The van der Waals surface area contributed by atoms with Gasteiger partial charge in [-0.3, -0.25) is 4.90 Å². The van der Waals surface area contributed by atoms with Crippen molar-refractivity contribution in [2.75, 3.05) is 33.2 Å². The third-order valence-corrected chi connectivity index (χ3v) is 4.10. The van der Waals surface area contributed by atoms with Crippen LogP contribution in [0.5, 0.6) is 0 Å². The normalized spacial score (nSPS) is 21.4. The molecule has 0 aromatic heterocycles. The van der Waals surface area contributed by atoms with Gasteiger partial charge >= 0.3 is 0 Å². The van der Waals surface area contributed by atoms with Crippen molar-refractivity contribution < 1.29 is 0 Å². The minimum absolute atomic E-state index is 0.144. The highest BCUT2D eigenvalue weighted by Gasteiger charge is 2.28. The van der Waals surface area contributed by atoms with E-state index in [9.17, 15) is 5.26 Å². The lowest BCUT2D eigenvalue weighted by Crippen LogP contribution is -2.50. The van der Waals surface area contributed by atoms with Gasteiger partial charge in [0, 0.05) is 26.2 Å². The molecule has 1 heterocycles. The average molecular weight is 251 g/mol. The summed E-state index contributed by atoms with van der Waals surface area (Å²) < 4.78 is 0. The molecule has 1 fully saturated rings. The fourth-order valence-corrected chi connectivity index (χ4v) is 2.88. The van der Waals surface area contributed by atoms with E-state index < -0.39 is 0 Å². The highest BCUT2D eigenvalue weighted by molar-refractivity contribution is 4.97. The van der Waals surface area contributed by atoms with Gasteiger partial charge in [-0.2, -0.15) is 5.26 Å². The van der Waals surface area contributed by atoms with Crippen LogP contribution in [0.15, 0.2) is 0 Å². The van der Waals surface area contributed by atoms with Gasteiger partial charge in [-0.1, -0.05) is 33.1 Å². The topological polar surface area (TPSA) is 30.3 Å². The van der Waals surface area contributed by atoms with E-state index in [0.29, 0.717) is 5.92 Å². The van der Waals surface area contributed by atoms with Crippen molar-refractivity contribution in [1.29, 1.82) is 5.26 Å². The second-order valence-corrected chi connectivity index (χ2v) is 5.60. The zero-order valence-electron chi connectivity index (χ0n) is 12.4. The van der Waals surface area contributed by atoms with Crippen LogP contribution in [0.4, 0.5) is 0 Å². The number of rotatable bonds is 7. The molecular weight excluding hydrogens is 222 g/mol. The van der Waals surface area contributed by atoms with Gasteiger partial charge in [0.1, 0.15) is 6.04 Å². The molecule has 2 unspecified atom stereocenters. The molecule has 0 aromatic rings. The molecule has 104 valence electrons. The zero-order chi connectivity index (χ0) is 13.4. The van der Waals surface area contributed by atoms with E-state index >= 15 is 0 Å². The van der Waals surface area contributed by atoms with Crippen LogP contribution in [-0.4, -0.2) is 49.1 Å². The summed E-state index contributed by atoms with van der Waals surface area (Å²) in [5.74, 6) is 0.573. The molecular formula is C15H29N3. The quantitative estimate of drug-likeness (QED) is 0.697. The molecule has 0 bridgehead atoms. The number of hydrogen-bond donors (Lipinski definition) is 0. The molecule has 18 heavy (non-hydrogen) atoms. The first-order chi connectivity index (χ1) is 8.72. The van der Waals surface area contributed by atoms with Gasteiger partial charge < -0.3 is 4.90 Å². The SMILES string of the molecule is CCCCC(CCC)C(C#N)N1CCN(C)CC1. The minimum atomic E-state index is 0.144. The van der Waals surface area contributed by atoms with Gasteiger partial charge in [0.2, 0.25) is 0 Å². The number of unbranched alkanes of at least 4 members (excludes halogenated alkanes) is 1. The lowest BCUT2D eigenvalue weighted by Gasteiger charge is -2.38. The van der Waals surface area contributed by atoms with Crippen molar-refractivity contribution in [3.63, 3.8) is 0 Å². The number of nitrogens with zero attached hydrogens (tertiary/aromatic N) is 3. The van der Waals surface area contributed by atoms with E-state index in [2.05, 4.69) is 36.8 Å². The predicted octanol–water partition coefficient (Wildman–Crippen LogP) is 2.73. The highest BCUT2D eigenvalue weighted by Crippen LogP contribution is 2.23. The molecule has 3 heteroatoms. The number of hydrogen-bond acceptors (Lipinski definition) is 3.